The second-order valence-electron chi connectivity index (χ2n) is 5.78. The first-order valence-electron chi connectivity index (χ1n) is 6.10. The highest BCUT2D eigenvalue weighted by molar-refractivity contribution is 8.00. The predicted octanol–water partition coefficient (Wildman–Crippen LogP) is 2.15. The number of β-lactam (4-membered cyclic amide) rings is 1. The Morgan fingerprint density at radius 2 is 2.17 bits per heavy atom. The summed E-state index contributed by atoms with van der Waals surface area (Å²) in [5.74, 6) is 1.61. The van der Waals surface area contributed by atoms with Crippen molar-refractivity contribution in [3.8, 4) is 0 Å². The Labute approximate surface area is 112 Å². The van der Waals surface area contributed by atoms with Crippen LogP contribution in [0.2, 0.25) is 0 Å². The van der Waals surface area contributed by atoms with Gasteiger partial charge in [0.1, 0.15) is 6.61 Å². The molecule has 0 bridgehead atoms. The van der Waals surface area contributed by atoms with Crippen LogP contribution in [0.4, 0.5) is 0 Å². The van der Waals surface area contributed by atoms with Crippen molar-refractivity contribution in [1.29, 1.82) is 0 Å². The number of carbonyl (C=O) groups is 2. The number of rotatable bonds is 3. The van der Waals surface area contributed by atoms with Crippen LogP contribution in [0.3, 0.4) is 0 Å². The number of ether oxygens (including phenoxy) is 1. The lowest BCUT2D eigenvalue weighted by atomic mass is 9.91. The van der Waals surface area contributed by atoms with Crippen molar-refractivity contribution in [1.82, 2.24) is 4.90 Å². The van der Waals surface area contributed by atoms with Crippen LogP contribution in [0, 0.1) is 5.41 Å². The summed E-state index contributed by atoms with van der Waals surface area (Å²) in [4.78, 5) is 25.1. The lowest BCUT2D eigenvalue weighted by Gasteiger charge is -2.44. The van der Waals surface area contributed by atoms with E-state index in [1.54, 1.807) is 16.7 Å². The molecule has 2 aliphatic rings. The molecule has 1 amide bonds. The number of amides is 1. The van der Waals surface area contributed by atoms with E-state index in [9.17, 15) is 9.59 Å². The summed E-state index contributed by atoms with van der Waals surface area (Å²) in [6.07, 6.45) is 0.581. The molecule has 1 fully saturated rings. The minimum atomic E-state index is -0.407. The molecule has 0 aromatic rings. The number of nitrogens with zero attached hydrogens (tertiary/aromatic N) is 1. The normalized spacial score (nSPS) is 23.7. The van der Waals surface area contributed by atoms with Gasteiger partial charge >= 0.3 is 0 Å². The molecular formula is C13H19NO3S. The molecule has 0 radical (unpaired) electrons. The molecule has 0 unspecified atom stereocenters. The highest BCUT2D eigenvalue weighted by atomic mass is 32.2. The number of hydrogen-bond acceptors (Lipinski definition) is 4. The SMILES string of the molecule is CC1=C(OCC(=O)C(C)(C)C)N2C(=O)C[C@H]2SC1. The van der Waals surface area contributed by atoms with Crippen molar-refractivity contribution in [3.05, 3.63) is 11.5 Å². The number of ketones is 1. The van der Waals surface area contributed by atoms with E-state index in [1.165, 1.54) is 0 Å². The lowest BCUT2D eigenvalue weighted by molar-refractivity contribution is -0.145. The summed E-state index contributed by atoms with van der Waals surface area (Å²) in [5.41, 5.74) is 0.627. The number of Topliss-reactive ketones (excluding diaryl/α,β-unsaturated/α-hetero) is 1. The van der Waals surface area contributed by atoms with Crippen LogP contribution in [0.5, 0.6) is 0 Å². The average Bonchev–Trinajstić information content (AvgIpc) is 2.26. The molecular weight excluding hydrogens is 250 g/mol. The van der Waals surface area contributed by atoms with E-state index in [2.05, 4.69) is 0 Å². The van der Waals surface area contributed by atoms with Crippen molar-refractivity contribution >= 4 is 23.5 Å². The zero-order valence-electron chi connectivity index (χ0n) is 11.3. The lowest BCUT2D eigenvalue weighted by Crippen LogP contribution is -2.53. The number of hydrogen-bond donors (Lipinski definition) is 0. The highest BCUT2D eigenvalue weighted by Crippen LogP contribution is 2.40. The molecule has 4 nitrogen and oxygen atoms in total. The largest absolute Gasteiger partial charge is 0.471 e. The third-order valence-corrected chi connectivity index (χ3v) is 4.52. The summed E-state index contributed by atoms with van der Waals surface area (Å²) >= 11 is 1.75. The van der Waals surface area contributed by atoms with Gasteiger partial charge < -0.3 is 4.74 Å². The Balaban J connectivity index is 2.03. The van der Waals surface area contributed by atoms with Gasteiger partial charge in [-0.1, -0.05) is 20.8 Å². The second kappa shape index (κ2) is 4.61. The van der Waals surface area contributed by atoms with Crippen LogP contribution in [0.25, 0.3) is 0 Å². The van der Waals surface area contributed by atoms with Gasteiger partial charge in [0.2, 0.25) is 5.91 Å². The van der Waals surface area contributed by atoms with E-state index >= 15 is 0 Å². The average molecular weight is 269 g/mol. The summed E-state index contributed by atoms with van der Waals surface area (Å²) in [5, 5.41) is 0.209. The third kappa shape index (κ3) is 2.41. The van der Waals surface area contributed by atoms with E-state index in [-0.39, 0.29) is 23.7 Å². The molecule has 1 saturated heterocycles. The van der Waals surface area contributed by atoms with Crippen molar-refractivity contribution in [2.75, 3.05) is 12.4 Å². The van der Waals surface area contributed by atoms with Crippen LogP contribution in [0.1, 0.15) is 34.1 Å². The van der Waals surface area contributed by atoms with E-state index in [1.807, 2.05) is 27.7 Å². The van der Waals surface area contributed by atoms with Crippen molar-refractivity contribution < 1.29 is 14.3 Å². The van der Waals surface area contributed by atoms with E-state index in [4.69, 9.17) is 4.74 Å². The molecule has 1 atom stereocenters. The minimum absolute atomic E-state index is 0.0390. The topological polar surface area (TPSA) is 46.6 Å². The molecule has 5 heteroatoms. The molecule has 0 aromatic heterocycles. The maximum atomic E-state index is 11.8. The molecule has 0 aliphatic carbocycles. The maximum absolute atomic E-state index is 11.8. The van der Waals surface area contributed by atoms with Gasteiger partial charge in [0.05, 0.1) is 11.8 Å². The van der Waals surface area contributed by atoms with Crippen LogP contribution in [0.15, 0.2) is 11.5 Å². The second-order valence-corrected chi connectivity index (χ2v) is 6.95. The Bertz CT molecular complexity index is 422. The molecule has 0 aromatic carbocycles. The first-order chi connectivity index (χ1) is 8.30. The number of fused-ring (bicyclic) bond motifs is 1. The van der Waals surface area contributed by atoms with Gasteiger partial charge in [0.25, 0.3) is 0 Å². The maximum Gasteiger partial charge on any atom is 0.233 e. The first kappa shape index (κ1) is 13.5. The quantitative estimate of drug-likeness (QED) is 0.737. The molecule has 2 rings (SSSR count). The van der Waals surface area contributed by atoms with Gasteiger partial charge in [-0.05, 0) is 12.5 Å². The Hall–Kier alpha value is -0.970. The molecule has 0 N–H and O–H groups in total. The van der Waals surface area contributed by atoms with Crippen LogP contribution >= 0.6 is 11.8 Å². The zero-order chi connectivity index (χ0) is 13.5. The zero-order valence-corrected chi connectivity index (χ0v) is 12.1. The van der Waals surface area contributed by atoms with Crippen molar-refractivity contribution in [2.24, 2.45) is 5.41 Å². The molecule has 100 valence electrons. The van der Waals surface area contributed by atoms with Gasteiger partial charge in [-0.25, -0.2) is 0 Å². The first-order valence-corrected chi connectivity index (χ1v) is 7.15. The third-order valence-electron chi connectivity index (χ3n) is 3.16. The molecule has 2 heterocycles. The highest BCUT2D eigenvalue weighted by Gasteiger charge is 2.43. The molecule has 18 heavy (non-hydrogen) atoms. The summed E-state index contributed by atoms with van der Waals surface area (Å²) in [6, 6.07) is 0. The van der Waals surface area contributed by atoms with E-state index in [0.717, 1.165) is 11.3 Å². The Morgan fingerprint density at radius 3 is 2.72 bits per heavy atom. The fourth-order valence-electron chi connectivity index (χ4n) is 1.80. The fraction of sp³-hybridized carbons (Fsp3) is 0.692. The minimum Gasteiger partial charge on any atom is -0.471 e. The predicted molar refractivity (Wildman–Crippen MR) is 70.8 cm³/mol. The monoisotopic (exact) mass is 269 g/mol. The van der Waals surface area contributed by atoms with E-state index < -0.39 is 5.41 Å². The summed E-state index contributed by atoms with van der Waals surface area (Å²) in [7, 11) is 0. The standard InChI is InChI=1S/C13H19NO3S/c1-8-7-18-11-5-10(16)14(11)12(8)17-6-9(15)13(2,3)4/h11H,5-7H2,1-4H3/t11-/m1/s1. The van der Waals surface area contributed by atoms with Crippen LogP contribution < -0.4 is 0 Å². The van der Waals surface area contributed by atoms with Gasteiger partial charge in [0, 0.05) is 11.2 Å². The summed E-state index contributed by atoms with van der Waals surface area (Å²) < 4.78 is 5.61. The van der Waals surface area contributed by atoms with Crippen LogP contribution in [-0.2, 0) is 14.3 Å². The molecule has 0 spiro atoms. The van der Waals surface area contributed by atoms with Gasteiger partial charge in [0.15, 0.2) is 11.7 Å². The smallest absolute Gasteiger partial charge is 0.233 e. The Kier molecular flexibility index (Phi) is 3.45. The van der Waals surface area contributed by atoms with E-state index in [0.29, 0.717) is 12.3 Å². The van der Waals surface area contributed by atoms with Crippen molar-refractivity contribution in [3.63, 3.8) is 0 Å². The summed E-state index contributed by atoms with van der Waals surface area (Å²) in [6.45, 7) is 7.60. The van der Waals surface area contributed by atoms with Crippen LogP contribution in [-0.4, -0.2) is 34.3 Å². The number of thioether (sulfide) groups is 1. The van der Waals surface area contributed by atoms with Gasteiger partial charge in [-0.3, -0.25) is 14.5 Å². The molecule has 2 aliphatic heterocycles. The Morgan fingerprint density at radius 1 is 1.50 bits per heavy atom. The number of carbonyl (C=O) groups excluding carboxylic acids is 2. The van der Waals surface area contributed by atoms with Crippen molar-refractivity contribution in [2.45, 2.75) is 39.5 Å². The fourth-order valence-corrected chi connectivity index (χ4v) is 2.99. The van der Waals surface area contributed by atoms with Gasteiger partial charge in [-0.2, -0.15) is 0 Å². The molecule has 0 saturated carbocycles. The van der Waals surface area contributed by atoms with Gasteiger partial charge in [-0.15, -0.1) is 11.8 Å².